The molecule has 0 aliphatic heterocycles. The number of anilines is 1. The van der Waals surface area contributed by atoms with Crippen molar-refractivity contribution in [1.29, 1.82) is 0 Å². The summed E-state index contributed by atoms with van der Waals surface area (Å²) in [7, 11) is 1.73. The smallest absolute Gasteiger partial charge is 0.411 e. The van der Waals surface area contributed by atoms with Gasteiger partial charge in [0, 0.05) is 19.4 Å². The third kappa shape index (κ3) is 8.74. The Labute approximate surface area is 162 Å². The first-order valence-corrected chi connectivity index (χ1v) is 9.74. The van der Waals surface area contributed by atoms with Crippen molar-refractivity contribution in [2.45, 2.75) is 45.4 Å². The number of unbranched alkanes of at least 4 members (excludes halogenated alkanes) is 4. The van der Waals surface area contributed by atoms with Gasteiger partial charge in [-0.25, -0.2) is 4.79 Å². The number of methoxy groups -OCH3 is 1. The van der Waals surface area contributed by atoms with Crippen LogP contribution in [0.2, 0.25) is 0 Å². The van der Waals surface area contributed by atoms with Crippen LogP contribution < -0.4 is 5.32 Å². The van der Waals surface area contributed by atoms with Crippen LogP contribution in [0.3, 0.4) is 0 Å². The van der Waals surface area contributed by atoms with Crippen LogP contribution in [-0.4, -0.2) is 26.4 Å². The molecule has 0 unspecified atom stereocenters. The predicted octanol–water partition coefficient (Wildman–Crippen LogP) is 5.73. The van der Waals surface area contributed by atoms with Gasteiger partial charge >= 0.3 is 6.09 Å². The number of hydrogen-bond acceptors (Lipinski definition) is 3. The van der Waals surface area contributed by atoms with Crippen LogP contribution in [0.15, 0.2) is 48.5 Å². The maximum atomic E-state index is 11.8. The van der Waals surface area contributed by atoms with Crippen LogP contribution in [0.4, 0.5) is 10.5 Å². The zero-order valence-corrected chi connectivity index (χ0v) is 16.5. The van der Waals surface area contributed by atoms with Crippen LogP contribution in [-0.2, 0) is 15.9 Å². The number of nitrogens with one attached hydrogen (secondary N) is 1. The van der Waals surface area contributed by atoms with Gasteiger partial charge in [-0.05, 0) is 49.4 Å². The van der Waals surface area contributed by atoms with Gasteiger partial charge in [-0.15, -0.1) is 0 Å². The van der Waals surface area contributed by atoms with Crippen molar-refractivity contribution >= 4 is 11.8 Å². The Hall–Kier alpha value is -2.33. The molecular formula is C23H31NO3. The normalized spacial score (nSPS) is 10.6. The molecule has 0 spiro atoms. The minimum absolute atomic E-state index is 0.388. The van der Waals surface area contributed by atoms with Crippen LogP contribution in [0, 0.1) is 6.92 Å². The van der Waals surface area contributed by atoms with E-state index in [1.165, 1.54) is 16.7 Å². The van der Waals surface area contributed by atoms with E-state index in [1.54, 1.807) is 7.11 Å². The molecule has 0 aromatic heterocycles. The second-order valence-electron chi connectivity index (χ2n) is 6.88. The third-order valence-electron chi connectivity index (χ3n) is 4.46. The molecule has 0 saturated heterocycles. The molecule has 27 heavy (non-hydrogen) atoms. The molecule has 0 radical (unpaired) electrons. The fourth-order valence-corrected chi connectivity index (χ4v) is 2.85. The van der Waals surface area contributed by atoms with Gasteiger partial charge in [0.25, 0.3) is 0 Å². The summed E-state index contributed by atoms with van der Waals surface area (Å²) in [6.07, 6.45) is 5.88. The fourth-order valence-electron chi connectivity index (χ4n) is 2.85. The molecule has 2 rings (SSSR count). The third-order valence-corrected chi connectivity index (χ3v) is 4.46. The molecule has 0 atom stereocenters. The maximum absolute atomic E-state index is 11.8. The van der Waals surface area contributed by atoms with Crippen LogP contribution >= 0.6 is 0 Å². The van der Waals surface area contributed by atoms with Crippen molar-refractivity contribution in [3.05, 3.63) is 65.2 Å². The van der Waals surface area contributed by atoms with Crippen molar-refractivity contribution in [2.24, 2.45) is 0 Å². The van der Waals surface area contributed by atoms with E-state index in [4.69, 9.17) is 9.47 Å². The number of amides is 1. The molecule has 0 bridgehead atoms. The number of ether oxygens (including phenoxy) is 2. The first kappa shape index (κ1) is 21.0. The predicted molar refractivity (Wildman–Crippen MR) is 110 cm³/mol. The van der Waals surface area contributed by atoms with Gasteiger partial charge in [0.2, 0.25) is 0 Å². The molecule has 0 aliphatic carbocycles. The van der Waals surface area contributed by atoms with Crippen molar-refractivity contribution in [1.82, 2.24) is 0 Å². The highest BCUT2D eigenvalue weighted by molar-refractivity contribution is 5.84. The van der Waals surface area contributed by atoms with Crippen molar-refractivity contribution < 1.29 is 14.3 Å². The van der Waals surface area contributed by atoms with Gasteiger partial charge in [-0.3, -0.25) is 5.32 Å². The number of rotatable bonds is 11. The number of aryl methyl sites for hydroxylation is 1. The monoisotopic (exact) mass is 369 g/mol. The quantitative estimate of drug-likeness (QED) is 0.514. The van der Waals surface area contributed by atoms with E-state index < -0.39 is 0 Å². The van der Waals surface area contributed by atoms with E-state index in [0.29, 0.717) is 6.61 Å². The highest BCUT2D eigenvalue weighted by Gasteiger charge is 2.03. The lowest BCUT2D eigenvalue weighted by atomic mass is 10.0. The molecule has 4 nitrogen and oxygen atoms in total. The average molecular weight is 370 g/mol. The summed E-state index contributed by atoms with van der Waals surface area (Å²) in [6, 6.07) is 16.5. The summed E-state index contributed by atoms with van der Waals surface area (Å²) in [5.74, 6) is 0. The Kier molecular flexibility index (Phi) is 9.42. The number of carbonyl (C=O) groups excluding carboxylic acids is 1. The van der Waals surface area contributed by atoms with Crippen molar-refractivity contribution in [2.75, 3.05) is 25.6 Å². The summed E-state index contributed by atoms with van der Waals surface area (Å²) >= 11 is 0. The summed E-state index contributed by atoms with van der Waals surface area (Å²) in [4.78, 5) is 11.8. The van der Waals surface area contributed by atoms with Crippen LogP contribution in [0.1, 0.15) is 48.8 Å². The molecule has 2 aromatic carbocycles. The van der Waals surface area contributed by atoms with Crippen LogP contribution in [0.5, 0.6) is 0 Å². The Balaban J connectivity index is 1.63. The van der Waals surface area contributed by atoms with Gasteiger partial charge in [-0.1, -0.05) is 61.2 Å². The van der Waals surface area contributed by atoms with Crippen molar-refractivity contribution in [3.63, 3.8) is 0 Å². The van der Waals surface area contributed by atoms with E-state index in [1.807, 2.05) is 24.3 Å². The Bertz CT molecular complexity index is 665. The molecule has 1 N–H and O–H groups in total. The molecule has 4 heteroatoms. The SMILES string of the molecule is COCCCCCCCOC(=O)Nc1ccc(Cc2ccc(C)cc2)cc1. The second-order valence-corrected chi connectivity index (χ2v) is 6.88. The van der Waals surface area contributed by atoms with Gasteiger partial charge < -0.3 is 9.47 Å². The Morgan fingerprint density at radius 2 is 1.37 bits per heavy atom. The number of benzene rings is 2. The molecule has 0 heterocycles. The highest BCUT2D eigenvalue weighted by Crippen LogP contribution is 2.14. The second kappa shape index (κ2) is 12.1. The summed E-state index contributed by atoms with van der Waals surface area (Å²) in [6.45, 7) is 3.37. The first-order chi connectivity index (χ1) is 13.2. The lowest BCUT2D eigenvalue weighted by Crippen LogP contribution is -2.14. The summed E-state index contributed by atoms with van der Waals surface area (Å²) in [5.41, 5.74) is 4.52. The van der Waals surface area contributed by atoms with E-state index in [-0.39, 0.29) is 6.09 Å². The average Bonchev–Trinajstić information content (AvgIpc) is 2.67. The Morgan fingerprint density at radius 1 is 0.815 bits per heavy atom. The highest BCUT2D eigenvalue weighted by atomic mass is 16.5. The van der Waals surface area contributed by atoms with Gasteiger partial charge in [0.05, 0.1) is 6.61 Å². The number of hydrogen-bond donors (Lipinski definition) is 1. The van der Waals surface area contributed by atoms with Gasteiger partial charge in [0.1, 0.15) is 0 Å². The zero-order valence-electron chi connectivity index (χ0n) is 16.5. The van der Waals surface area contributed by atoms with Crippen molar-refractivity contribution in [3.8, 4) is 0 Å². The van der Waals surface area contributed by atoms with Gasteiger partial charge in [0.15, 0.2) is 0 Å². The standard InChI is InChI=1S/C23H31NO3/c1-19-8-10-20(11-9-19)18-21-12-14-22(15-13-21)24-23(25)27-17-7-5-3-4-6-16-26-2/h8-15H,3-7,16-18H2,1-2H3,(H,24,25). The maximum Gasteiger partial charge on any atom is 0.411 e. The summed E-state index contributed by atoms with van der Waals surface area (Å²) in [5, 5.41) is 2.78. The van der Waals surface area contributed by atoms with Crippen LogP contribution in [0.25, 0.3) is 0 Å². The van der Waals surface area contributed by atoms with E-state index in [0.717, 1.165) is 50.8 Å². The van der Waals surface area contributed by atoms with E-state index in [2.05, 4.69) is 36.5 Å². The molecule has 1 amide bonds. The molecule has 0 fully saturated rings. The molecule has 146 valence electrons. The Morgan fingerprint density at radius 3 is 2.00 bits per heavy atom. The van der Waals surface area contributed by atoms with E-state index >= 15 is 0 Å². The lowest BCUT2D eigenvalue weighted by Gasteiger charge is -2.08. The first-order valence-electron chi connectivity index (χ1n) is 9.74. The molecule has 2 aromatic rings. The largest absolute Gasteiger partial charge is 0.449 e. The summed E-state index contributed by atoms with van der Waals surface area (Å²) < 4.78 is 10.3. The topological polar surface area (TPSA) is 47.6 Å². The molecular weight excluding hydrogens is 338 g/mol. The molecule has 0 aliphatic rings. The van der Waals surface area contributed by atoms with Gasteiger partial charge in [-0.2, -0.15) is 0 Å². The fraction of sp³-hybridized carbons (Fsp3) is 0.435. The zero-order chi connectivity index (χ0) is 19.3. The number of carbonyl (C=O) groups is 1. The molecule has 0 saturated carbocycles. The lowest BCUT2D eigenvalue weighted by molar-refractivity contribution is 0.158. The minimum atomic E-state index is -0.388. The van der Waals surface area contributed by atoms with E-state index in [9.17, 15) is 4.79 Å². The minimum Gasteiger partial charge on any atom is -0.449 e.